The van der Waals surface area contributed by atoms with Crippen molar-refractivity contribution in [2.24, 2.45) is 0 Å². The summed E-state index contributed by atoms with van der Waals surface area (Å²) in [5, 5.41) is 0. The summed E-state index contributed by atoms with van der Waals surface area (Å²) >= 11 is 0. The number of hydrogen-bond donors (Lipinski definition) is 0. The fourth-order valence-corrected chi connectivity index (χ4v) is 3.43. The molecule has 0 bridgehead atoms. The van der Waals surface area contributed by atoms with E-state index in [0.717, 1.165) is 22.6 Å². The number of carbonyl (C=O) groups is 1. The highest BCUT2D eigenvalue weighted by molar-refractivity contribution is 5.91. The molecule has 1 amide bonds. The quantitative estimate of drug-likeness (QED) is 0.469. The average molecular weight is 438 g/mol. The van der Waals surface area contributed by atoms with Gasteiger partial charge in [-0.05, 0) is 37.6 Å². The molecule has 0 aliphatic heterocycles. The van der Waals surface area contributed by atoms with E-state index in [1.54, 1.807) is 26.2 Å². The van der Waals surface area contributed by atoms with Crippen LogP contribution in [0.2, 0.25) is 0 Å². The van der Waals surface area contributed by atoms with Crippen LogP contribution >= 0.6 is 0 Å². The van der Waals surface area contributed by atoms with Gasteiger partial charge in [0.25, 0.3) is 5.91 Å². The van der Waals surface area contributed by atoms with Crippen LogP contribution in [0.1, 0.15) is 41.4 Å². The minimum atomic E-state index is -0.172. The largest absolute Gasteiger partial charge is 0.497 e. The summed E-state index contributed by atoms with van der Waals surface area (Å²) in [5.74, 6) is 1.89. The summed E-state index contributed by atoms with van der Waals surface area (Å²) in [7, 11) is 5.06. The van der Waals surface area contributed by atoms with Gasteiger partial charge in [0.15, 0.2) is 5.69 Å². The summed E-state index contributed by atoms with van der Waals surface area (Å²) in [6.07, 6.45) is 1.43. The molecule has 0 radical (unpaired) electrons. The number of oxazole rings is 1. The molecule has 7 nitrogen and oxygen atoms in total. The van der Waals surface area contributed by atoms with E-state index in [4.69, 9.17) is 13.9 Å². The first kappa shape index (κ1) is 23.3. The molecule has 0 aliphatic rings. The second-order valence-electron chi connectivity index (χ2n) is 7.95. The Balaban J connectivity index is 1.70. The number of ether oxygens (including phenoxy) is 2. The second-order valence-corrected chi connectivity index (χ2v) is 7.95. The Kier molecular flexibility index (Phi) is 7.89. The highest BCUT2D eigenvalue weighted by Gasteiger charge is 2.20. The van der Waals surface area contributed by atoms with E-state index >= 15 is 0 Å². The molecule has 7 heteroatoms. The molecule has 32 heavy (non-hydrogen) atoms. The number of rotatable bonds is 10. The maximum absolute atomic E-state index is 12.8. The number of benzene rings is 2. The van der Waals surface area contributed by atoms with E-state index in [1.807, 2.05) is 48.5 Å². The van der Waals surface area contributed by atoms with Crippen molar-refractivity contribution in [1.29, 1.82) is 0 Å². The lowest BCUT2D eigenvalue weighted by Gasteiger charge is -2.26. The molecule has 3 aromatic rings. The summed E-state index contributed by atoms with van der Waals surface area (Å²) in [5.41, 5.74) is 2.37. The van der Waals surface area contributed by atoms with Crippen LogP contribution in [-0.4, -0.2) is 48.0 Å². The number of nitrogens with zero attached hydrogens (tertiary/aromatic N) is 3. The molecule has 0 fully saturated rings. The lowest BCUT2D eigenvalue weighted by Crippen LogP contribution is -2.30. The van der Waals surface area contributed by atoms with Crippen molar-refractivity contribution in [3.8, 4) is 11.5 Å². The van der Waals surface area contributed by atoms with Gasteiger partial charge in [0.05, 0.1) is 20.8 Å². The smallest absolute Gasteiger partial charge is 0.275 e. The van der Waals surface area contributed by atoms with Gasteiger partial charge in [0.1, 0.15) is 17.8 Å². The topological polar surface area (TPSA) is 68.0 Å². The van der Waals surface area contributed by atoms with E-state index in [0.29, 0.717) is 31.2 Å². The molecular formula is C25H31N3O4. The van der Waals surface area contributed by atoms with Crippen LogP contribution in [0, 0.1) is 0 Å². The Morgan fingerprint density at radius 3 is 2.44 bits per heavy atom. The monoisotopic (exact) mass is 437 g/mol. The van der Waals surface area contributed by atoms with Crippen LogP contribution in [-0.2, 0) is 19.6 Å². The molecule has 0 saturated heterocycles. The van der Waals surface area contributed by atoms with Crippen LogP contribution in [0.4, 0.5) is 0 Å². The van der Waals surface area contributed by atoms with Gasteiger partial charge in [-0.2, -0.15) is 0 Å². The second kappa shape index (κ2) is 10.8. The normalized spacial score (nSPS) is 11.1. The van der Waals surface area contributed by atoms with Crippen molar-refractivity contribution < 1.29 is 18.7 Å². The molecule has 170 valence electrons. The molecule has 2 aromatic carbocycles. The molecule has 3 rings (SSSR count). The first-order valence-corrected chi connectivity index (χ1v) is 10.6. The maximum atomic E-state index is 12.8. The zero-order valence-corrected chi connectivity index (χ0v) is 19.4. The predicted molar refractivity (Wildman–Crippen MR) is 123 cm³/mol. The van der Waals surface area contributed by atoms with E-state index in [9.17, 15) is 4.79 Å². The van der Waals surface area contributed by atoms with Crippen molar-refractivity contribution in [1.82, 2.24) is 14.8 Å². The Morgan fingerprint density at radius 2 is 1.78 bits per heavy atom. The van der Waals surface area contributed by atoms with E-state index in [1.165, 1.54) is 6.26 Å². The van der Waals surface area contributed by atoms with Crippen LogP contribution in [0.15, 0.2) is 59.2 Å². The van der Waals surface area contributed by atoms with Gasteiger partial charge in [-0.15, -0.1) is 0 Å². The minimum Gasteiger partial charge on any atom is -0.497 e. The molecule has 0 N–H and O–H groups in total. The number of methoxy groups -OCH3 is 2. The lowest BCUT2D eigenvalue weighted by molar-refractivity contribution is 0.0779. The van der Waals surface area contributed by atoms with Gasteiger partial charge in [-0.25, -0.2) is 4.98 Å². The van der Waals surface area contributed by atoms with Crippen LogP contribution < -0.4 is 9.47 Å². The fraction of sp³-hybridized carbons (Fsp3) is 0.360. The Labute approximate surface area is 189 Å². The number of hydrogen-bond acceptors (Lipinski definition) is 6. The van der Waals surface area contributed by atoms with Crippen molar-refractivity contribution in [2.45, 2.75) is 39.5 Å². The third kappa shape index (κ3) is 5.88. The third-order valence-corrected chi connectivity index (χ3v) is 5.31. The molecule has 1 aromatic heterocycles. The highest BCUT2D eigenvalue weighted by Crippen LogP contribution is 2.26. The summed E-state index contributed by atoms with van der Waals surface area (Å²) < 4.78 is 16.5. The number of aromatic nitrogens is 1. The van der Waals surface area contributed by atoms with Crippen molar-refractivity contribution in [2.75, 3.05) is 21.3 Å². The standard InChI is InChI=1S/C25H31N3O4/c1-18(2)28(15-20-13-21(30-4)11-12-23(20)31-5)16-24-26-22(17-32-24)25(29)27(3)14-19-9-7-6-8-10-19/h6-13,17-18H,14-16H2,1-5H3. The van der Waals surface area contributed by atoms with Gasteiger partial charge >= 0.3 is 0 Å². The zero-order valence-electron chi connectivity index (χ0n) is 19.4. The van der Waals surface area contributed by atoms with E-state index < -0.39 is 0 Å². The molecule has 0 saturated carbocycles. The first-order chi connectivity index (χ1) is 15.4. The first-order valence-electron chi connectivity index (χ1n) is 10.6. The summed E-state index contributed by atoms with van der Waals surface area (Å²) in [6.45, 7) is 5.81. The van der Waals surface area contributed by atoms with E-state index in [-0.39, 0.29) is 11.9 Å². The molecular weight excluding hydrogens is 406 g/mol. The van der Waals surface area contributed by atoms with Crippen molar-refractivity contribution in [3.63, 3.8) is 0 Å². The van der Waals surface area contributed by atoms with Gasteiger partial charge in [-0.1, -0.05) is 30.3 Å². The molecule has 0 aliphatic carbocycles. The van der Waals surface area contributed by atoms with Crippen LogP contribution in [0.5, 0.6) is 11.5 Å². The highest BCUT2D eigenvalue weighted by atomic mass is 16.5. The van der Waals surface area contributed by atoms with Gasteiger partial charge in [0.2, 0.25) is 5.89 Å². The molecule has 0 spiro atoms. The minimum absolute atomic E-state index is 0.172. The van der Waals surface area contributed by atoms with Crippen molar-refractivity contribution >= 4 is 5.91 Å². The Morgan fingerprint density at radius 1 is 1.03 bits per heavy atom. The van der Waals surface area contributed by atoms with Gasteiger partial charge in [0, 0.05) is 31.7 Å². The van der Waals surface area contributed by atoms with Crippen LogP contribution in [0.3, 0.4) is 0 Å². The van der Waals surface area contributed by atoms with E-state index in [2.05, 4.69) is 23.7 Å². The van der Waals surface area contributed by atoms with Crippen molar-refractivity contribution in [3.05, 3.63) is 77.5 Å². The SMILES string of the molecule is COc1ccc(OC)c(CN(Cc2nc(C(=O)N(C)Cc3ccccc3)co2)C(C)C)c1. The molecule has 0 atom stereocenters. The average Bonchev–Trinajstić information content (AvgIpc) is 3.27. The number of amides is 1. The summed E-state index contributed by atoms with van der Waals surface area (Å²) in [6, 6.07) is 15.8. The lowest BCUT2D eigenvalue weighted by atomic mass is 10.1. The van der Waals surface area contributed by atoms with Gasteiger partial charge < -0.3 is 18.8 Å². The molecule has 0 unspecified atom stereocenters. The number of carbonyl (C=O) groups excluding carboxylic acids is 1. The molecule has 1 heterocycles. The predicted octanol–water partition coefficient (Wildman–Crippen LogP) is 4.37. The third-order valence-electron chi connectivity index (χ3n) is 5.31. The fourth-order valence-electron chi connectivity index (χ4n) is 3.43. The Hall–Kier alpha value is -3.32. The zero-order chi connectivity index (χ0) is 23.1. The maximum Gasteiger partial charge on any atom is 0.275 e. The Bertz CT molecular complexity index is 1020. The summed E-state index contributed by atoms with van der Waals surface area (Å²) in [4.78, 5) is 21.1. The van der Waals surface area contributed by atoms with Crippen LogP contribution in [0.25, 0.3) is 0 Å². The van der Waals surface area contributed by atoms with Gasteiger partial charge in [-0.3, -0.25) is 9.69 Å².